The van der Waals surface area contributed by atoms with E-state index in [0.717, 1.165) is 13.2 Å². The number of hydrogen-bond donors (Lipinski definition) is 2. The maximum atomic E-state index is 12.9. The predicted molar refractivity (Wildman–Crippen MR) is 107 cm³/mol. The van der Waals surface area contributed by atoms with Gasteiger partial charge in [-0.2, -0.15) is 0 Å². The normalized spacial score (nSPS) is 10.7. The van der Waals surface area contributed by atoms with Crippen LogP contribution in [0.4, 0.5) is 11.4 Å². The zero-order chi connectivity index (χ0) is 22.5. The van der Waals surface area contributed by atoms with E-state index < -0.39 is 27.9 Å². The maximum Gasteiger partial charge on any atom is 0.339 e. The molecule has 1 amide bonds. The first-order valence-electron chi connectivity index (χ1n) is 8.42. The van der Waals surface area contributed by atoms with Gasteiger partial charge in [0.25, 0.3) is 10.0 Å². The summed E-state index contributed by atoms with van der Waals surface area (Å²) in [6.07, 6.45) is 0. The zero-order valence-electron chi connectivity index (χ0n) is 16.6. The number of amides is 1. The highest BCUT2D eigenvalue weighted by molar-refractivity contribution is 7.92. The second kappa shape index (κ2) is 9.27. The van der Waals surface area contributed by atoms with Gasteiger partial charge in [0.05, 0.1) is 48.7 Å². The van der Waals surface area contributed by atoms with E-state index in [1.165, 1.54) is 51.5 Å². The minimum absolute atomic E-state index is 0.0246. The molecule has 160 valence electrons. The third-order valence-electron chi connectivity index (χ3n) is 3.88. The Bertz CT molecular complexity index is 1100. The van der Waals surface area contributed by atoms with Crippen LogP contribution >= 0.6 is 0 Å². The summed E-state index contributed by atoms with van der Waals surface area (Å²) in [4.78, 5) is 35.0. The number of sulfonamides is 1. The molecule has 2 rings (SSSR count). The molecule has 10 nitrogen and oxygen atoms in total. The van der Waals surface area contributed by atoms with Crippen LogP contribution in [0.3, 0.4) is 0 Å². The number of ether oxygens (including phenoxy) is 3. The topological polar surface area (TPSA) is 137 Å². The summed E-state index contributed by atoms with van der Waals surface area (Å²) in [5.41, 5.74) is -0.119. The lowest BCUT2D eigenvalue weighted by molar-refractivity contribution is -0.114. The minimum Gasteiger partial charge on any atom is -0.495 e. The number of rotatable bonds is 7. The van der Waals surface area contributed by atoms with Crippen molar-refractivity contribution in [1.82, 2.24) is 0 Å². The Kier molecular flexibility index (Phi) is 7.01. The molecule has 0 aliphatic rings. The molecular weight excluding hydrogens is 416 g/mol. The number of esters is 2. The summed E-state index contributed by atoms with van der Waals surface area (Å²) in [7, 11) is -0.553. The van der Waals surface area contributed by atoms with Gasteiger partial charge >= 0.3 is 11.9 Å². The number of benzene rings is 2. The standard InChI is InChI=1S/C19H20N2O8S/c1-11(22)20-16-10-13(6-8-17(16)27-2)30(25,26)21-15-9-12(18(23)28-3)5-7-14(15)19(24)29-4/h5-10,21H,1-4H3,(H,20,22). The Morgan fingerprint density at radius 1 is 0.867 bits per heavy atom. The van der Waals surface area contributed by atoms with Gasteiger partial charge in [-0.05, 0) is 36.4 Å². The molecule has 11 heteroatoms. The SMILES string of the molecule is COC(=O)c1ccc(C(=O)OC)c(NS(=O)(=O)c2ccc(OC)c(NC(C)=O)c2)c1. The molecule has 0 saturated carbocycles. The Balaban J connectivity index is 2.53. The van der Waals surface area contributed by atoms with E-state index >= 15 is 0 Å². The Labute approximate surface area is 173 Å². The summed E-state index contributed by atoms with van der Waals surface area (Å²) < 4.78 is 42.5. The second-order valence-corrected chi connectivity index (χ2v) is 7.57. The van der Waals surface area contributed by atoms with Crippen LogP contribution in [0.5, 0.6) is 5.75 Å². The zero-order valence-corrected chi connectivity index (χ0v) is 17.5. The summed E-state index contributed by atoms with van der Waals surface area (Å²) in [6.45, 7) is 1.26. The molecule has 0 unspecified atom stereocenters. The average molecular weight is 436 g/mol. The molecule has 0 aliphatic heterocycles. The van der Waals surface area contributed by atoms with Crippen molar-refractivity contribution in [3.63, 3.8) is 0 Å². The third-order valence-corrected chi connectivity index (χ3v) is 5.25. The molecule has 0 aromatic heterocycles. The van der Waals surface area contributed by atoms with Crippen LogP contribution in [-0.4, -0.2) is 47.6 Å². The first kappa shape index (κ1) is 22.7. The number of hydrogen-bond acceptors (Lipinski definition) is 8. The van der Waals surface area contributed by atoms with Crippen LogP contribution < -0.4 is 14.8 Å². The summed E-state index contributed by atoms with van der Waals surface area (Å²) in [6, 6.07) is 7.53. The van der Waals surface area contributed by atoms with Crippen LogP contribution in [-0.2, 0) is 24.3 Å². The highest BCUT2D eigenvalue weighted by Crippen LogP contribution is 2.29. The highest BCUT2D eigenvalue weighted by Gasteiger charge is 2.22. The van der Waals surface area contributed by atoms with Gasteiger partial charge in [0.1, 0.15) is 5.75 Å². The minimum atomic E-state index is -4.23. The van der Waals surface area contributed by atoms with E-state index in [2.05, 4.69) is 19.5 Å². The highest BCUT2D eigenvalue weighted by atomic mass is 32.2. The number of anilines is 2. The molecule has 2 N–H and O–H groups in total. The number of carbonyl (C=O) groups excluding carboxylic acids is 3. The van der Waals surface area contributed by atoms with Crippen molar-refractivity contribution in [3.05, 3.63) is 47.5 Å². The maximum absolute atomic E-state index is 12.9. The molecule has 2 aromatic carbocycles. The fourth-order valence-electron chi connectivity index (χ4n) is 2.51. The third kappa shape index (κ3) is 5.06. The van der Waals surface area contributed by atoms with E-state index in [-0.39, 0.29) is 33.1 Å². The van der Waals surface area contributed by atoms with Crippen molar-refractivity contribution in [2.45, 2.75) is 11.8 Å². The Morgan fingerprint density at radius 3 is 2.10 bits per heavy atom. The van der Waals surface area contributed by atoms with Gasteiger partial charge in [-0.25, -0.2) is 18.0 Å². The summed E-state index contributed by atoms with van der Waals surface area (Å²) >= 11 is 0. The van der Waals surface area contributed by atoms with Crippen LogP contribution in [0.1, 0.15) is 27.6 Å². The van der Waals surface area contributed by atoms with Crippen LogP contribution in [0.2, 0.25) is 0 Å². The monoisotopic (exact) mass is 436 g/mol. The van der Waals surface area contributed by atoms with Gasteiger partial charge in [-0.1, -0.05) is 0 Å². The van der Waals surface area contributed by atoms with Crippen LogP contribution in [0.15, 0.2) is 41.3 Å². The lowest BCUT2D eigenvalue weighted by atomic mass is 10.1. The van der Waals surface area contributed by atoms with Crippen molar-refractivity contribution in [2.24, 2.45) is 0 Å². The van der Waals surface area contributed by atoms with Crippen molar-refractivity contribution in [1.29, 1.82) is 0 Å². The fraction of sp³-hybridized carbons (Fsp3) is 0.211. The van der Waals surface area contributed by atoms with Gasteiger partial charge in [-0.3, -0.25) is 9.52 Å². The van der Waals surface area contributed by atoms with Gasteiger partial charge < -0.3 is 19.5 Å². The largest absolute Gasteiger partial charge is 0.495 e. The van der Waals surface area contributed by atoms with Crippen molar-refractivity contribution >= 4 is 39.2 Å². The number of carbonyl (C=O) groups is 3. The van der Waals surface area contributed by atoms with Gasteiger partial charge in [0.15, 0.2) is 0 Å². The molecule has 30 heavy (non-hydrogen) atoms. The Morgan fingerprint density at radius 2 is 1.53 bits per heavy atom. The van der Waals surface area contributed by atoms with E-state index in [0.29, 0.717) is 0 Å². The van der Waals surface area contributed by atoms with E-state index in [9.17, 15) is 22.8 Å². The number of nitrogens with one attached hydrogen (secondary N) is 2. The lowest BCUT2D eigenvalue weighted by Gasteiger charge is -2.15. The first-order valence-corrected chi connectivity index (χ1v) is 9.90. The van der Waals surface area contributed by atoms with E-state index in [4.69, 9.17) is 4.74 Å². The predicted octanol–water partition coefficient (Wildman–Crippen LogP) is 2.03. The average Bonchev–Trinajstić information content (AvgIpc) is 2.71. The van der Waals surface area contributed by atoms with E-state index in [1.54, 1.807) is 0 Å². The summed E-state index contributed by atoms with van der Waals surface area (Å²) in [5, 5.41) is 2.48. The second-order valence-electron chi connectivity index (χ2n) is 5.89. The number of methoxy groups -OCH3 is 3. The molecule has 0 heterocycles. The van der Waals surface area contributed by atoms with E-state index in [1.807, 2.05) is 0 Å². The molecule has 0 saturated heterocycles. The lowest BCUT2D eigenvalue weighted by Crippen LogP contribution is -2.17. The van der Waals surface area contributed by atoms with Crippen LogP contribution in [0, 0.1) is 0 Å². The van der Waals surface area contributed by atoms with Crippen LogP contribution in [0.25, 0.3) is 0 Å². The summed E-state index contributed by atoms with van der Waals surface area (Å²) in [5.74, 6) is -1.69. The van der Waals surface area contributed by atoms with Gasteiger partial charge in [-0.15, -0.1) is 0 Å². The quantitative estimate of drug-likeness (QED) is 0.629. The first-order chi connectivity index (χ1) is 14.1. The molecule has 0 spiro atoms. The van der Waals surface area contributed by atoms with Crippen molar-refractivity contribution in [2.75, 3.05) is 31.4 Å². The molecule has 0 aliphatic carbocycles. The van der Waals surface area contributed by atoms with Crippen molar-refractivity contribution in [3.8, 4) is 5.75 Å². The smallest absolute Gasteiger partial charge is 0.339 e. The van der Waals surface area contributed by atoms with Gasteiger partial charge in [0.2, 0.25) is 5.91 Å². The molecular formula is C19H20N2O8S. The molecule has 0 fully saturated rings. The van der Waals surface area contributed by atoms with Gasteiger partial charge in [0, 0.05) is 6.92 Å². The molecule has 2 aromatic rings. The fourth-order valence-corrected chi connectivity index (χ4v) is 3.60. The van der Waals surface area contributed by atoms with Crippen molar-refractivity contribution < 1.29 is 37.0 Å². The Hall–Kier alpha value is -3.60. The molecule has 0 atom stereocenters. The molecule has 0 radical (unpaired) electrons. The molecule has 0 bridgehead atoms.